The summed E-state index contributed by atoms with van der Waals surface area (Å²) in [5.41, 5.74) is 4.85. The topological polar surface area (TPSA) is 95.2 Å². The van der Waals surface area contributed by atoms with E-state index < -0.39 is 17.2 Å². The van der Waals surface area contributed by atoms with Gasteiger partial charge < -0.3 is 4.74 Å². The highest BCUT2D eigenvalue weighted by atomic mass is 16.5. The number of amides is 1. The van der Waals surface area contributed by atoms with E-state index in [4.69, 9.17) is 9.94 Å². The van der Waals surface area contributed by atoms with E-state index in [2.05, 4.69) is 11.1 Å². The SMILES string of the molecule is Cc1cc(COc2ccc(C[C@]3(C#N)CC3C(=O)NO)cc2)c2ccccc2n1. The summed E-state index contributed by atoms with van der Waals surface area (Å²) in [5, 5.41) is 19.3. The van der Waals surface area contributed by atoms with Crippen LogP contribution >= 0.6 is 0 Å². The van der Waals surface area contributed by atoms with Crippen LogP contribution in [0.1, 0.15) is 23.2 Å². The van der Waals surface area contributed by atoms with E-state index >= 15 is 0 Å². The van der Waals surface area contributed by atoms with Gasteiger partial charge in [-0.15, -0.1) is 0 Å². The van der Waals surface area contributed by atoms with Crippen molar-refractivity contribution in [3.8, 4) is 11.8 Å². The van der Waals surface area contributed by atoms with E-state index in [1.807, 2.05) is 61.5 Å². The molecule has 1 saturated carbocycles. The Labute approximate surface area is 168 Å². The van der Waals surface area contributed by atoms with Gasteiger partial charge >= 0.3 is 0 Å². The number of fused-ring (bicyclic) bond motifs is 1. The molecule has 1 amide bonds. The number of hydrogen-bond acceptors (Lipinski definition) is 5. The van der Waals surface area contributed by atoms with Crippen LogP contribution in [0.2, 0.25) is 0 Å². The number of para-hydroxylation sites is 1. The zero-order valence-electron chi connectivity index (χ0n) is 16.1. The number of carbonyl (C=O) groups excluding carboxylic acids is 1. The van der Waals surface area contributed by atoms with Gasteiger partial charge in [-0.05, 0) is 49.6 Å². The number of hydroxylamine groups is 1. The second kappa shape index (κ2) is 7.53. The molecular formula is C23H21N3O3. The molecule has 4 rings (SSSR count). The van der Waals surface area contributed by atoms with Gasteiger partial charge in [0, 0.05) is 16.6 Å². The van der Waals surface area contributed by atoms with Gasteiger partial charge in [0.2, 0.25) is 5.91 Å². The Balaban J connectivity index is 1.44. The quantitative estimate of drug-likeness (QED) is 0.497. The van der Waals surface area contributed by atoms with Crippen molar-refractivity contribution in [2.75, 3.05) is 0 Å². The monoisotopic (exact) mass is 387 g/mol. The number of aryl methyl sites for hydroxylation is 1. The van der Waals surface area contributed by atoms with Crippen LogP contribution in [0.15, 0.2) is 54.6 Å². The number of nitrogens with zero attached hydrogens (tertiary/aromatic N) is 2. The zero-order chi connectivity index (χ0) is 20.4. The Morgan fingerprint density at radius 2 is 2.07 bits per heavy atom. The minimum atomic E-state index is -0.733. The van der Waals surface area contributed by atoms with Crippen molar-refractivity contribution in [3.63, 3.8) is 0 Å². The molecule has 0 saturated heterocycles. The van der Waals surface area contributed by atoms with Gasteiger partial charge in [0.1, 0.15) is 12.4 Å². The average molecular weight is 387 g/mol. The molecule has 1 aliphatic rings. The highest BCUT2D eigenvalue weighted by Gasteiger charge is 2.58. The Morgan fingerprint density at radius 3 is 2.79 bits per heavy atom. The lowest BCUT2D eigenvalue weighted by atomic mass is 9.95. The van der Waals surface area contributed by atoms with Crippen LogP contribution in [-0.2, 0) is 17.8 Å². The zero-order valence-corrected chi connectivity index (χ0v) is 16.1. The second-order valence-electron chi connectivity index (χ2n) is 7.55. The number of benzene rings is 2. The van der Waals surface area contributed by atoms with E-state index in [1.165, 1.54) is 0 Å². The van der Waals surface area contributed by atoms with Crippen LogP contribution < -0.4 is 10.2 Å². The summed E-state index contributed by atoms with van der Waals surface area (Å²) in [4.78, 5) is 16.1. The third-order valence-corrected chi connectivity index (χ3v) is 5.49. The fourth-order valence-corrected chi connectivity index (χ4v) is 3.83. The van der Waals surface area contributed by atoms with Gasteiger partial charge in [-0.1, -0.05) is 30.3 Å². The maximum absolute atomic E-state index is 11.6. The highest BCUT2D eigenvalue weighted by Crippen LogP contribution is 2.54. The third kappa shape index (κ3) is 3.78. The lowest BCUT2D eigenvalue weighted by Gasteiger charge is -2.12. The summed E-state index contributed by atoms with van der Waals surface area (Å²) in [6.45, 7) is 2.40. The first-order valence-corrected chi connectivity index (χ1v) is 9.47. The van der Waals surface area contributed by atoms with Crippen molar-refractivity contribution in [2.24, 2.45) is 11.3 Å². The Bertz CT molecular complexity index is 1100. The molecule has 146 valence electrons. The number of ether oxygens (including phenoxy) is 1. The van der Waals surface area contributed by atoms with Gasteiger partial charge in [-0.2, -0.15) is 5.26 Å². The molecule has 2 N–H and O–H groups in total. The van der Waals surface area contributed by atoms with E-state index in [9.17, 15) is 10.1 Å². The van der Waals surface area contributed by atoms with Crippen LogP contribution in [0.3, 0.4) is 0 Å². The summed E-state index contributed by atoms with van der Waals surface area (Å²) < 4.78 is 5.97. The molecule has 6 nitrogen and oxygen atoms in total. The van der Waals surface area contributed by atoms with Gasteiger partial charge in [0.25, 0.3) is 0 Å². The first-order valence-electron chi connectivity index (χ1n) is 9.47. The summed E-state index contributed by atoms with van der Waals surface area (Å²) in [7, 11) is 0. The van der Waals surface area contributed by atoms with Crippen molar-refractivity contribution in [1.29, 1.82) is 5.26 Å². The number of hydrogen-bond donors (Lipinski definition) is 2. The summed E-state index contributed by atoms with van der Waals surface area (Å²) in [6, 6.07) is 19.9. The predicted octanol–water partition coefficient (Wildman–Crippen LogP) is 3.70. The molecular weight excluding hydrogens is 366 g/mol. The standard InChI is InChI=1S/C23H21N3O3/c1-15-10-17(19-4-2-3-5-21(19)25-15)13-29-18-8-6-16(7-9-18)11-23(14-24)12-20(23)22(27)26-28/h2-10,20,28H,11-13H2,1H3,(H,26,27)/t20?,23-/m1/s1. The van der Waals surface area contributed by atoms with Crippen molar-refractivity contribution in [3.05, 3.63) is 71.4 Å². The van der Waals surface area contributed by atoms with Crippen LogP contribution in [0.5, 0.6) is 5.75 Å². The summed E-state index contributed by atoms with van der Waals surface area (Å²) >= 11 is 0. The normalized spacial score (nSPS) is 20.1. The Morgan fingerprint density at radius 1 is 1.31 bits per heavy atom. The molecule has 1 aromatic heterocycles. The number of nitrogens with one attached hydrogen (secondary N) is 1. The first kappa shape index (κ1) is 18.9. The average Bonchev–Trinajstić information content (AvgIpc) is 3.46. The molecule has 0 spiro atoms. The molecule has 1 heterocycles. The van der Waals surface area contributed by atoms with Crippen molar-refractivity contribution in [2.45, 2.75) is 26.4 Å². The van der Waals surface area contributed by atoms with Crippen molar-refractivity contribution >= 4 is 16.8 Å². The van der Waals surface area contributed by atoms with Gasteiger partial charge in [0.05, 0.1) is 22.9 Å². The van der Waals surface area contributed by atoms with Gasteiger partial charge in [0.15, 0.2) is 0 Å². The predicted molar refractivity (Wildman–Crippen MR) is 107 cm³/mol. The van der Waals surface area contributed by atoms with E-state index in [-0.39, 0.29) is 0 Å². The maximum Gasteiger partial charge on any atom is 0.248 e. The Hall–Kier alpha value is -3.43. The maximum atomic E-state index is 11.6. The molecule has 6 heteroatoms. The lowest BCUT2D eigenvalue weighted by molar-refractivity contribution is -0.131. The van der Waals surface area contributed by atoms with E-state index in [0.29, 0.717) is 19.4 Å². The fourth-order valence-electron chi connectivity index (χ4n) is 3.83. The molecule has 1 fully saturated rings. The molecule has 29 heavy (non-hydrogen) atoms. The first-order chi connectivity index (χ1) is 14.0. The Kier molecular flexibility index (Phi) is 4.91. The van der Waals surface area contributed by atoms with Crippen molar-refractivity contribution < 1.29 is 14.7 Å². The minimum Gasteiger partial charge on any atom is -0.489 e. The lowest BCUT2D eigenvalue weighted by Crippen LogP contribution is -2.24. The number of aromatic nitrogens is 1. The van der Waals surface area contributed by atoms with E-state index in [1.54, 1.807) is 5.48 Å². The number of carbonyl (C=O) groups is 1. The number of nitriles is 1. The van der Waals surface area contributed by atoms with Crippen LogP contribution in [-0.4, -0.2) is 16.1 Å². The molecule has 3 aromatic rings. The molecule has 1 unspecified atom stereocenters. The number of rotatable bonds is 6. The van der Waals surface area contributed by atoms with Gasteiger partial charge in [-0.25, -0.2) is 5.48 Å². The molecule has 0 aliphatic heterocycles. The van der Waals surface area contributed by atoms with Crippen LogP contribution in [0.4, 0.5) is 0 Å². The largest absolute Gasteiger partial charge is 0.489 e. The highest BCUT2D eigenvalue weighted by molar-refractivity contribution is 5.83. The number of pyridine rings is 1. The minimum absolute atomic E-state index is 0.435. The molecule has 0 bridgehead atoms. The van der Waals surface area contributed by atoms with E-state index in [0.717, 1.165) is 33.5 Å². The molecule has 2 aromatic carbocycles. The smallest absolute Gasteiger partial charge is 0.248 e. The molecule has 0 radical (unpaired) electrons. The van der Waals surface area contributed by atoms with Crippen LogP contribution in [0.25, 0.3) is 10.9 Å². The summed E-state index contributed by atoms with van der Waals surface area (Å²) in [6.07, 6.45) is 0.929. The molecule has 2 atom stereocenters. The molecule has 1 aliphatic carbocycles. The fraction of sp³-hybridized carbons (Fsp3) is 0.261. The third-order valence-electron chi connectivity index (χ3n) is 5.49. The van der Waals surface area contributed by atoms with Gasteiger partial charge in [-0.3, -0.25) is 15.0 Å². The van der Waals surface area contributed by atoms with Crippen LogP contribution in [0, 0.1) is 29.6 Å². The van der Waals surface area contributed by atoms with Crippen molar-refractivity contribution in [1.82, 2.24) is 10.5 Å². The summed E-state index contributed by atoms with van der Waals surface area (Å²) in [5.74, 6) is -0.221. The second-order valence-corrected chi connectivity index (χ2v) is 7.55.